The average Bonchev–Trinajstić information content (AvgIpc) is 2.78. The van der Waals surface area contributed by atoms with E-state index in [0.29, 0.717) is 5.41 Å². The van der Waals surface area contributed by atoms with Gasteiger partial charge >= 0.3 is 0 Å². The van der Waals surface area contributed by atoms with Crippen molar-refractivity contribution in [1.82, 2.24) is 10.2 Å². The number of allylic oxidation sites excluding steroid dienone is 1. The van der Waals surface area contributed by atoms with E-state index in [1.54, 1.807) is 0 Å². The molecule has 0 aromatic carbocycles. The lowest BCUT2D eigenvalue weighted by Crippen LogP contribution is -2.27. The molecule has 2 aliphatic rings. The van der Waals surface area contributed by atoms with Gasteiger partial charge in [-0.2, -0.15) is 0 Å². The summed E-state index contributed by atoms with van der Waals surface area (Å²) in [5.41, 5.74) is 0.675. The third-order valence-electron chi connectivity index (χ3n) is 3.25. The van der Waals surface area contributed by atoms with Crippen LogP contribution in [0.25, 0.3) is 0 Å². The number of likely N-dealkylation sites (tertiary alicyclic amines) is 1. The van der Waals surface area contributed by atoms with Crippen molar-refractivity contribution >= 4 is 0 Å². The van der Waals surface area contributed by atoms with Gasteiger partial charge in [0, 0.05) is 13.1 Å². The van der Waals surface area contributed by atoms with Crippen molar-refractivity contribution in [2.75, 3.05) is 33.2 Å². The summed E-state index contributed by atoms with van der Waals surface area (Å²) in [7, 11) is 2.23. The Kier molecular flexibility index (Phi) is 4.63. The molecule has 2 aliphatic heterocycles. The lowest BCUT2D eigenvalue weighted by molar-refractivity contribution is 0.309. The molecule has 2 heteroatoms. The van der Waals surface area contributed by atoms with Gasteiger partial charge in [0.1, 0.15) is 0 Å². The van der Waals surface area contributed by atoms with Crippen LogP contribution in [0, 0.1) is 5.41 Å². The van der Waals surface area contributed by atoms with Crippen molar-refractivity contribution in [3.8, 4) is 0 Å². The van der Waals surface area contributed by atoms with Crippen LogP contribution in [0.1, 0.15) is 26.2 Å². The lowest BCUT2D eigenvalue weighted by atomic mass is 9.87. The van der Waals surface area contributed by atoms with Crippen LogP contribution in [0.15, 0.2) is 12.7 Å². The SMILES string of the molecule is C=CCC.CN1CCC2(CCNC2)C1. The smallest absolute Gasteiger partial charge is 0.00481 e. The van der Waals surface area contributed by atoms with Crippen LogP contribution < -0.4 is 5.32 Å². The summed E-state index contributed by atoms with van der Waals surface area (Å²) >= 11 is 0. The highest BCUT2D eigenvalue weighted by Gasteiger charge is 2.38. The molecule has 0 aromatic heterocycles. The largest absolute Gasteiger partial charge is 0.316 e. The molecule has 82 valence electrons. The van der Waals surface area contributed by atoms with Gasteiger partial charge in [-0.1, -0.05) is 13.0 Å². The molecule has 0 aliphatic carbocycles. The van der Waals surface area contributed by atoms with E-state index in [4.69, 9.17) is 0 Å². The molecule has 1 spiro atoms. The second-order valence-electron chi connectivity index (χ2n) is 4.61. The Labute approximate surface area is 88.4 Å². The van der Waals surface area contributed by atoms with Gasteiger partial charge in [0.2, 0.25) is 0 Å². The lowest BCUT2D eigenvalue weighted by Gasteiger charge is -2.20. The predicted octanol–water partition coefficient (Wildman–Crippen LogP) is 1.88. The zero-order valence-electron chi connectivity index (χ0n) is 9.68. The van der Waals surface area contributed by atoms with Crippen molar-refractivity contribution in [3.05, 3.63) is 12.7 Å². The molecule has 14 heavy (non-hydrogen) atoms. The molecule has 1 unspecified atom stereocenters. The van der Waals surface area contributed by atoms with E-state index in [1.165, 1.54) is 39.0 Å². The van der Waals surface area contributed by atoms with Crippen molar-refractivity contribution in [2.24, 2.45) is 5.41 Å². The molecule has 0 radical (unpaired) electrons. The topological polar surface area (TPSA) is 15.3 Å². The van der Waals surface area contributed by atoms with Crippen LogP contribution in [0.2, 0.25) is 0 Å². The highest BCUT2D eigenvalue weighted by molar-refractivity contribution is 4.94. The molecule has 0 saturated carbocycles. The Morgan fingerprint density at radius 2 is 2.21 bits per heavy atom. The van der Waals surface area contributed by atoms with E-state index in [1.807, 2.05) is 6.08 Å². The fourth-order valence-electron chi connectivity index (χ4n) is 2.30. The molecular formula is C12H24N2. The maximum atomic E-state index is 3.48. The van der Waals surface area contributed by atoms with Crippen LogP contribution in [-0.4, -0.2) is 38.1 Å². The van der Waals surface area contributed by atoms with Crippen LogP contribution in [0.5, 0.6) is 0 Å². The monoisotopic (exact) mass is 196 g/mol. The molecule has 0 amide bonds. The number of hydrogen-bond acceptors (Lipinski definition) is 2. The fraction of sp³-hybridized carbons (Fsp3) is 0.833. The van der Waals surface area contributed by atoms with E-state index in [-0.39, 0.29) is 0 Å². The first-order valence-electron chi connectivity index (χ1n) is 5.72. The van der Waals surface area contributed by atoms with E-state index in [2.05, 4.69) is 30.8 Å². The van der Waals surface area contributed by atoms with Crippen LogP contribution in [-0.2, 0) is 0 Å². The zero-order valence-corrected chi connectivity index (χ0v) is 9.68. The minimum absolute atomic E-state index is 0.675. The highest BCUT2D eigenvalue weighted by atomic mass is 15.1. The summed E-state index contributed by atoms with van der Waals surface area (Å²) in [5.74, 6) is 0. The van der Waals surface area contributed by atoms with Gasteiger partial charge in [0.15, 0.2) is 0 Å². The molecular weight excluding hydrogens is 172 g/mol. The summed E-state index contributed by atoms with van der Waals surface area (Å²) in [4.78, 5) is 2.45. The Hall–Kier alpha value is -0.340. The van der Waals surface area contributed by atoms with E-state index < -0.39 is 0 Å². The van der Waals surface area contributed by atoms with Crippen molar-refractivity contribution in [2.45, 2.75) is 26.2 Å². The Morgan fingerprint density at radius 1 is 1.50 bits per heavy atom. The number of rotatable bonds is 1. The minimum Gasteiger partial charge on any atom is -0.316 e. The Morgan fingerprint density at radius 3 is 2.57 bits per heavy atom. The van der Waals surface area contributed by atoms with Gasteiger partial charge in [-0.15, -0.1) is 6.58 Å². The number of hydrogen-bond donors (Lipinski definition) is 1. The molecule has 0 bridgehead atoms. The van der Waals surface area contributed by atoms with Crippen LogP contribution in [0.3, 0.4) is 0 Å². The predicted molar refractivity (Wildman–Crippen MR) is 62.5 cm³/mol. The van der Waals surface area contributed by atoms with E-state index in [9.17, 15) is 0 Å². The second kappa shape index (κ2) is 5.52. The Bertz CT molecular complexity index is 171. The first-order valence-corrected chi connectivity index (χ1v) is 5.72. The second-order valence-corrected chi connectivity index (χ2v) is 4.61. The van der Waals surface area contributed by atoms with Gasteiger partial charge in [-0.25, -0.2) is 0 Å². The normalized spacial score (nSPS) is 31.6. The minimum atomic E-state index is 0.675. The van der Waals surface area contributed by atoms with Gasteiger partial charge < -0.3 is 10.2 Å². The van der Waals surface area contributed by atoms with Gasteiger partial charge in [0.05, 0.1) is 0 Å². The summed E-state index contributed by atoms with van der Waals surface area (Å²) in [5, 5.41) is 3.45. The molecule has 2 heterocycles. The van der Waals surface area contributed by atoms with Gasteiger partial charge in [0.25, 0.3) is 0 Å². The Balaban J connectivity index is 0.000000213. The van der Waals surface area contributed by atoms with Gasteiger partial charge in [-0.05, 0) is 44.8 Å². The molecule has 2 saturated heterocycles. The van der Waals surface area contributed by atoms with Crippen molar-refractivity contribution in [1.29, 1.82) is 0 Å². The van der Waals surface area contributed by atoms with Crippen LogP contribution >= 0.6 is 0 Å². The summed E-state index contributed by atoms with van der Waals surface area (Å²) in [6.45, 7) is 10.7. The third kappa shape index (κ3) is 3.10. The number of nitrogens with zero attached hydrogens (tertiary/aromatic N) is 1. The van der Waals surface area contributed by atoms with Crippen molar-refractivity contribution in [3.63, 3.8) is 0 Å². The molecule has 2 rings (SSSR count). The fourth-order valence-corrected chi connectivity index (χ4v) is 2.30. The first kappa shape index (κ1) is 11.7. The molecule has 1 N–H and O–H groups in total. The quantitative estimate of drug-likeness (QED) is 0.644. The van der Waals surface area contributed by atoms with E-state index >= 15 is 0 Å². The van der Waals surface area contributed by atoms with Crippen LogP contribution in [0.4, 0.5) is 0 Å². The zero-order chi connectivity index (χ0) is 10.4. The highest BCUT2D eigenvalue weighted by Crippen LogP contribution is 2.34. The van der Waals surface area contributed by atoms with Crippen molar-refractivity contribution < 1.29 is 0 Å². The summed E-state index contributed by atoms with van der Waals surface area (Å²) in [6.07, 6.45) is 5.77. The molecule has 2 fully saturated rings. The maximum absolute atomic E-state index is 3.48. The average molecular weight is 196 g/mol. The standard InChI is InChI=1S/C8H16N2.C4H8/c1-10-5-3-8(7-10)2-4-9-6-8;1-3-4-2/h9H,2-7H2,1H3;3H,1,4H2,2H3. The third-order valence-corrected chi connectivity index (χ3v) is 3.25. The maximum Gasteiger partial charge on any atom is 0.00481 e. The molecule has 0 aromatic rings. The van der Waals surface area contributed by atoms with E-state index in [0.717, 1.165) is 6.42 Å². The first-order chi connectivity index (χ1) is 6.72. The number of nitrogens with one attached hydrogen (secondary N) is 1. The van der Waals surface area contributed by atoms with Gasteiger partial charge in [-0.3, -0.25) is 0 Å². The summed E-state index contributed by atoms with van der Waals surface area (Å²) in [6, 6.07) is 0. The summed E-state index contributed by atoms with van der Waals surface area (Å²) < 4.78 is 0. The molecule has 2 nitrogen and oxygen atoms in total. The molecule has 1 atom stereocenters.